The Bertz CT molecular complexity index is 1180. The summed E-state index contributed by atoms with van der Waals surface area (Å²) < 4.78 is 20.2. The minimum absolute atomic E-state index is 0.0166. The number of fused-ring (bicyclic) bond motifs is 1. The van der Waals surface area contributed by atoms with E-state index < -0.39 is 12.1 Å². The van der Waals surface area contributed by atoms with Gasteiger partial charge in [-0.05, 0) is 59.4 Å². The highest BCUT2D eigenvalue weighted by Gasteiger charge is 2.32. The number of hydrogen-bond donors (Lipinski definition) is 1. The molecule has 35 heavy (non-hydrogen) atoms. The summed E-state index contributed by atoms with van der Waals surface area (Å²) in [7, 11) is 0. The minimum Gasteiger partial charge on any atom is -0.481 e. The zero-order valence-electron chi connectivity index (χ0n) is 20.2. The predicted molar refractivity (Wildman–Crippen MR) is 133 cm³/mol. The van der Waals surface area contributed by atoms with E-state index in [1.807, 2.05) is 73.3 Å². The maximum Gasteiger partial charge on any atom is 0.261 e. The molecule has 1 aliphatic rings. The number of nitrogens with one attached hydrogen (secondary N) is 1. The second-order valence-corrected chi connectivity index (χ2v) is 8.73. The zero-order valence-corrected chi connectivity index (χ0v) is 20.2. The summed E-state index contributed by atoms with van der Waals surface area (Å²) in [6.07, 6.45) is 0.936. The van der Waals surface area contributed by atoms with Crippen molar-refractivity contribution >= 4 is 11.8 Å². The molecule has 0 aliphatic carbocycles. The van der Waals surface area contributed by atoms with Crippen molar-refractivity contribution in [2.75, 3.05) is 6.54 Å². The Hall–Kier alpha value is -3.67. The summed E-state index contributed by atoms with van der Waals surface area (Å²) in [6, 6.07) is 21.5. The molecule has 1 heterocycles. The molecule has 0 saturated heterocycles. The van der Waals surface area contributed by atoms with Gasteiger partial charge in [0.2, 0.25) is 5.91 Å². The molecule has 5 nitrogen and oxygen atoms in total. The Morgan fingerprint density at radius 2 is 1.86 bits per heavy atom. The molecule has 0 radical (unpaired) electrons. The Morgan fingerprint density at radius 3 is 2.57 bits per heavy atom. The van der Waals surface area contributed by atoms with Crippen molar-refractivity contribution in [3.05, 3.63) is 101 Å². The van der Waals surface area contributed by atoms with Crippen molar-refractivity contribution in [2.24, 2.45) is 0 Å². The molecule has 0 saturated carbocycles. The lowest BCUT2D eigenvalue weighted by Crippen LogP contribution is -2.40. The highest BCUT2D eigenvalue weighted by Crippen LogP contribution is 2.38. The molecule has 4 rings (SSSR count). The zero-order chi connectivity index (χ0) is 24.8. The number of halogens is 1. The van der Waals surface area contributed by atoms with Crippen molar-refractivity contribution in [2.45, 2.75) is 51.8 Å². The Kier molecular flexibility index (Phi) is 7.80. The van der Waals surface area contributed by atoms with Gasteiger partial charge in [-0.15, -0.1) is 0 Å². The Balaban J connectivity index is 1.58. The van der Waals surface area contributed by atoms with Crippen LogP contribution in [0.3, 0.4) is 0 Å². The topological polar surface area (TPSA) is 58.6 Å². The van der Waals surface area contributed by atoms with Crippen LogP contribution in [-0.4, -0.2) is 29.4 Å². The quantitative estimate of drug-likeness (QED) is 0.489. The van der Waals surface area contributed by atoms with Crippen LogP contribution in [0.1, 0.15) is 55.0 Å². The lowest BCUT2D eigenvalue weighted by atomic mass is 9.87. The third kappa shape index (κ3) is 5.70. The normalized spacial score (nSPS) is 15.7. The first kappa shape index (κ1) is 24.5. The van der Waals surface area contributed by atoms with Gasteiger partial charge in [-0.3, -0.25) is 9.59 Å². The van der Waals surface area contributed by atoms with E-state index in [-0.39, 0.29) is 17.6 Å². The van der Waals surface area contributed by atoms with Gasteiger partial charge in [-0.25, -0.2) is 4.39 Å². The summed E-state index contributed by atoms with van der Waals surface area (Å²) in [4.78, 5) is 27.4. The molecule has 2 atom stereocenters. The SMILES string of the molecule is CCC(=O)N1CCc2ccc(O[C@H](CC)C(=O)NCc3ccccc3)cc2[C@H]1c1cccc(F)c1. The Morgan fingerprint density at radius 1 is 1.06 bits per heavy atom. The highest BCUT2D eigenvalue weighted by atomic mass is 19.1. The van der Waals surface area contributed by atoms with Crippen LogP contribution >= 0.6 is 0 Å². The molecule has 3 aromatic carbocycles. The van der Waals surface area contributed by atoms with E-state index in [4.69, 9.17) is 4.74 Å². The molecule has 1 aliphatic heterocycles. The predicted octanol–water partition coefficient (Wildman–Crippen LogP) is 5.18. The number of carbonyl (C=O) groups is 2. The number of nitrogens with zero attached hydrogens (tertiary/aromatic N) is 1. The number of amides is 2. The first-order chi connectivity index (χ1) is 17.0. The minimum atomic E-state index is -0.652. The van der Waals surface area contributed by atoms with E-state index >= 15 is 0 Å². The lowest BCUT2D eigenvalue weighted by molar-refractivity contribution is -0.133. The lowest BCUT2D eigenvalue weighted by Gasteiger charge is -2.38. The van der Waals surface area contributed by atoms with Crippen LogP contribution in [-0.2, 0) is 22.6 Å². The molecule has 0 fully saturated rings. The van der Waals surface area contributed by atoms with Crippen molar-refractivity contribution in [3.8, 4) is 5.75 Å². The molecule has 0 bridgehead atoms. The van der Waals surface area contributed by atoms with Crippen LogP contribution in [0.2, 0.25) is 0 Å². The molecule has 2 amide bonds. The van der Waals surface area contributed by atoms with Crippen LogP contribution in [0.5, 0.6) is 5.75 Å². The van der Waals surface area contributed by atoms with E-state index in [9.17, 15) is 14.0 Å². The van der Waals surface area contributed by atoms with E-state index in [2.05, 4.69) is 5.32 Å². The smallest absolute Gasteiger partial charge is 0.261 e. The molecule has 6 heteroatoms. The van der Waals surface area contributed by atoms with Crippen molar-refractivity contribution in [1.82, 2.24) is 10.2 Å². The highest BCUT2D eigenvalue weighted by molar-refractivity contribution is 5.81. The van der Waals surface area contributed by atoms with Crippen molar-refractivity contribution in [1.29, 1.82) is 0 Å². The number of hydrogen-bond acceptors (Lipinski definition) is 3. The van der Waals surface area contributed by atoms with Crippen LogP contribution in [0, 0.1) is 5.82 Å². The fourth-order valence-corrected chi connectivity index (χ4v) is 4.56. The van der Waals surface area contributed by atoms with E-state index in [0.717, 1.165) is 22.3 Å². The molecule has 1 N–H and O–H groups in total. The maximum absolute atomic E-state index is 14.1. The van der Waals surface area contributed by atoms with Crippen LogP contribution in [0.4, 0.5) is 4.39 Å². The van der Waals surface area contributed by atoms with Gasteiger partial charge in [0, 0.05) is 19.5 Å². The van der Waals surface area contributed by atoms with Crippen LogP contribution in [0.15, 0.2) is 72.8 Å². The third-order valence-corrected chi connectivity index (χ3v) is 6.38. The van der Waals surface area contributed by atoms with Gasteiger partial charge in [0.25, 0.3) is 5.91 Å². The number of benzene rings is 3. The van der Waals surface area contributed by atoms with Gasteiger partial charge in [-0.2, -0.15) is 0 Å². The molecule has 182 valence electrons. The fourth-order valence-electron chi connectivity index (χ4n) is 4.56. The number of ether oxygens (including phenoxy) is 1. The molecular weight excluding hydrogens is 443 g/mol. The van der Waals surface area contributed by atoms with Crippen LogP contribution in [0.25, 0.3) is 0 Å². The summed E-state index contributed by atoms with van der Waals surface area (Å²) in [5.41, 5.74) is 3.73. The number of carbonyl (C=O) groups excluding carboxylic acids is 2. The van der Waals surface area contributed by atoms with Gasteiger partial charge >= 0.3 is 0 Å². The average Bonchev–Trinajstić information content (AvgIpc) is 2.89. The van der Waals surface area contributed by atoms with Crippen molar-refractivity contribution < 1.29 is 18.7 Å². The number of rotatable bonds is 8. The van der Waals surface area contributed by atoms with E-state index in [1.54, 1.807) is 6.07 Å². The maximum atomic E-state index is 14.1. The molecule has 0 unspecified atom stereocenters. The molecule has 0 aromatic heterocycles. The third-order valence-electron chi connectivity index (χ3n) is 6.38. The van der Waals surface area contributed by atoms with Gasteiger partial charge in [0.05, 0.1) is 6.04 Å². The van der Waals surface area contributed by atoms with E-state index in [0.29, 0.717) is 38.1 Å². The van der Waals surface area contributed by atoms with Crippen LogP contribution < -0.4 is 10.1 Å². The first-order valence-corrected chi connectivity index (χ1v) is 12.2. The van der Waals surface area contributed by atoms with Gasteiger partial charge in [0.15, 0.2) is 6.10 Å². The van der Waals surface area contributed by atoms with Crippen molar-refractivity contribution in [3.63, 3.8) is 0 Å². The largest absolute Gasteiger partial charge is 0.481 e. The fraction of sp³-hybridized carbons (Fsp3) is 0.310. The summed E-state index contributed by atoms with van der Waals surface area (Å²) in [5.74, 6) is 0.0474. The molecule has 0 spiro atoms. The summed E-state index contributed by atoms with van der Waals surface area (Å²) in [6.45, 7) is 4.74. The first-order valence-electron chi connectivity index (χ1n) is 12.2. The van der Waals surface area contributed by atoms with Gasteiger partial charge < -0.3 is 15.0 Å². The standard InChI is InChI=1S/C29H31FN2O3/c1-3-26(29(34)31-19-20-9-6-5-7-10-20)35-24-14-13-21-15-16-32(27(33)4-2)28(25(21)18-24)22-11-8-12-23(30)17-22/h5-14,17-18,26,28H,3-4,15-16,19H2,1-2H3,(H,31,34)/t26-,28-/m1/s1. The summed E-state index contributed by atoms with van der Waals surface area (Å²) >= 11 is 0. The van der Waals surface area contributed by atoms with Gasteiger partial charge in [-0.1, -0.05) is 62.4 Å². The Labute approximate surface area is 205 Å². The molecule has 3 aromatic rings. The average molecular weight is 475 g/mol. The second-order valence-electron chi connectivity index (χ2n) is 8.73. The second kappa shape index (κ2) is 11.2. The monoisotopic (exact) mass is 474 g/mol. The summed E-state index contributed by atoms with van der Waals surface area (Å²) in [5, 5.41) is 2.94. The van der Waals surface area contributed by atoms with E-state index in [1.165, 1.54) is 12.1 Å². The van der Waals surface area contributed by atoms with Gasteiger partial charge in [0.1, 0.15) is 11.6 Å². The molecular formula is C29H31FN2O3.